The average molecular weight is 384 g/mol. The van der Waals surface area contributed by atoms with Gasteiger partial charge in [-0.1, -0.05) is 30.3 Å². The average Bonchev–Trinajstić information content (AvgIpc) is 3.19. The van der Waals surface area contributed by atoms with Gasteiger partial charge in [-0.2, -0.15) is 5.10 Å². The van der Waals surface area contributed by atoms with Gasteiger partial charge >= 0.3 is 5.97 Å². The van der Waals surface area contributed by atoms with Gasteiger partial charge in [-0.15, -0.1) is 0 Å². The lowest BCUT2D eigenvalue weighted by molar-refractivity contribution is -0.183. The Kier molecular flexibility index (Phi) is 4.91. The summed E-state index contributed by atoms with van der Waals surface area (Å²) < 4.78 is 10.8. The molecule has 148 valence electrons. The van der Waals surface area contributed by atoms with Gasteiger partial charge in [0.05, 0.1) is 24.9 Å². The maximum atomic E-state index is 12.4. The minimum Gasteiger partial charge on any atom is -0.464 e. The molecular formula is C20H24N4O4. The van der Waals surface area contributed by atoms with E-state index in [4.69, 9.17) is 9.47 Å². The van der Waals surface area contributed by atoms with Crippen LogP contribution in [0.5, 0.6) is 0 Å². The number of rotatable bonds is 4. The Bertz CT molecular complexity index is 868. The van der Waals surface area contributed by atoms with Crippen LogP contribution in [0, 0.1) is 0 Å². The van der Waals surface area contributed by atoms with Gasteiger partial charge in [0.2, 0.25) is 5.91 Å². The fourth-order valence-electron chi connectivity index (χ4n) is 4.38. The smallest absolute Gasteiger partial charge is 0.356 e. The van der Waals surface area contributed by atoms with Crippen molar-refractivity contribution in [2.24, 2.45) is 0 Å². The van der Waals surface area contributed by atoms with Gasteiger partial charge in [0, 0.05) is 32.2 Å². The minimum atomic E-state index is -0.478. The molecule has 2 saturated heterocycles. The molecule has 28 heavy (non-hydrogen) atoms. The predicted octanol–water partition coefficient (Wildman–Crippen LogP) is 1.15. The van der Waals surface area contributed by atoms with Gasteiger partial charge in [-0.05, 0) is 12.0 Å². The number of methoxy groups -OCH3 is 1. The molecular weight excluding hydrogens is 360 g/mol. The summed E-state index contributed by atoms with van der Waals surface area (Å²) in [6.45, 7) is 2.06. The number of likely N-dealkylation sites (N-methyl/N-ethyl adjacent to an activating group) is 1. The quantitative estimate of drug-likeness (QED) is 0.796. The summed E-state index contributed by atoms with van der Waals surface area (Å²) >= 11 is 0. The normalized spacial score (nSPS) is 25.4. The number of nitrogens with one attached hydrogen (secondary N) is 1. The third-order valence-corrected chi connectivity index (χ3v) is 5.92. The molecule has 1 N–H and O–H groups in total. The highest BCUT2D eigenvalue weighted by Crippen LogP contribution is 2.42. The van der Waals surface area contributed by atoms with Crippen molar-refractivity contribution in [2.45, 2.75) is 24.6 Å². The monoisotopic (exact) mass is 384 g/mol. The third-order valence-electron chi connectivity index (χ3n) is 5.92. The molecule has 8 heteroatoms. The summed E-state index contributed by atoms with van der Waals surface area (Å²) in [5.41, 5.74) is 1.78. The molecule has 1 aromatic heterocycles. The zero-order valence-corrected chi connectivity index (χ0v) is 16.1. The first kappa shape index (κ1) is 18.6. The molecule has 0 radical (unpaired) electrons. The zero-order valence-electron chi connectivity index (χ0n) is 16.1. The van der Waals surface area contributed by atoms with Gasteiger partial charge < -0.3 is 14.4 Å². The number of H-pyrrole nitrogens is 1. The highest BCUT2D eigenvalue weighted by Gasteiger charge is 2.52. The van der Waals surface area contributed by atoms with Crippen molar-refractivity contribution in [3.05, 3.63) is 53.3 Å². The third kappa shape index (κ3) is 2.98. The molecule has 0 aliphatic carbocycles. The van der Waals surface area contributed by atoms with E-state index in [1.54, 1.807) is 6.20 Å². The molecule has 2 aliphatic rings. The zero-order chi connectivity index (χ0) is 19.7. The number of piperidine rings is 1. The number of carbonyl (C=O) groups excluding carboxylic acids is 2. The number of aromatic amines is 1. The molecule has 1 aromatic carbocycles. The number of hydrogen-bond acceptors (Lipinski definition) is 6. The summed E-state index contributed by atoms with van der Waals surface area (Å²) in [6.07, 6.45) is 2.25. The van der Waals surface area contributed by atoms with E-state index in [1.165, 1.54) is 7.11 Å². The molecule has 0 saturated carbocycles. The first-order valence-electron chi connectivity index (χ1n) is 9.33. The lowest BCUT2D eigenvalue weighted by Gasteiger charge is -2.54. The van der Waals surface area contributed by atoms with E-state index < -0.39 is 11.5 Å². The van der Waals surface area contributed by atoms with Gasteiger partial charge in [0.1, 0.15) is 12.3 Å². The van der Waals surface area contributed by atoms with E-state index >= 15 is 0 Å². The first-order chi connectivity index (χ1) is 13.6. The van der Waals surface area contributed by atoms with Crippen LogP contribution in [-0.4, -0.2) is 71.8 Å². The Morgan fingerprint density at radius 1 is 1.39 bits per heavy atom. The van der Waals surface area contributed by atoms with Crippen molar-refractivity contribution in [1.82, 2.24) is 20.0 Å². The number of carbonyl (C=O) groups is 2. The van der Waals surface area contributed by atoms with Crippen molar-refractivity contribution in [1.29, 1.82) is 0 Å². The lowest BCUT2D eigenvalue weighted by Crippen LogP contribution is -2.66. The maximum absolute atomic E-state index is 12.4. The summed E-state index contributed by atoms with van der Waals surface area (Å²) in [5.74, 6) is -0.432. The minimum absolute atomic E-state index is 0.00337. The topological polar surface area (TPSA) is 87.8 Å². The molecule has 4 rings (SSSR count). The second-order valence-electron chi connectivity index (χ2n) is 7.29. The van der Waals surface area contributed by atoms with Crippen LogP contribution in [-0.2, 0) is 26.4 Å². The molecule has 2 atom stereocenters. The second-order valence-corrected chi connectivity index (χ2v) is 7.29. The molecule has 2 aromatic rings. The molecule has 3 heterocycles. The van der Waals surface area contributed by atoms with E-state index in [1.807, 2.05) is 30.1 Å². The van der Waals surface area contributed by atoms with Gasteiger partial charge in [0.25, 0.3) is 0 Å². The number of morpholine rings is 1. The number of aromatic nitrogens is 2. The van der Waals surface area contributed by atoms with Crippen molar-refractivity contribution in [3.8, 4) is 0 Å². The first-order valence-corrected chi connectivity index (χ1v) is 9.33. The van der Waals surface area contributed by atoms with Crippen LogP contribution < -0.4 is 0 Å². The number of hydrogen-bond donors (Lipinski definition) is 1. The molecule has 0 bridgehead atoms. The van der Waals surface area contributed by atoms with Crippen LogP contribution in [0.4, 0.5) is 0 Å². The standard InChI is InChI=1S/C20H24N4O4/c1-23-17(25)13-28-16-12-24(11-14-10-21-22-18(14)19(26)27-2)9-8-20(16,23)15-6-4-3-5-7-15/h3-7,10,16H,8-9,11-13H2,1-2H3,(H,21,22)/t16-,20+/m1/s1. The fourth-order valence-corrected chi connectivity index (χ4v) is 4.38. The Hall–Kier alpha value is -2.71. The van der Waals surface area contributed by atoms with Crippen molar-refractivity contribution in [3.63, 3.8) is 0 Å². The number of amides is 1. The highest BCUT2D eigenvalue weighted by atomic mass is 16.5. The van der Waals surface area contributed by atoms with Crippen molar-refractivity contribution >= 4 is 11.9 Å². The Morgan fingerprint density at radius 2 is 2.18 bits per heavy atom. The summed E-state index contributed by atoms with van der Waals surface area (Å²) in [7, 11) is 3.22. The fraction of sp³-hybridized carbons (Fsp3) is 0.450. The largest absolute Gasteiger partial charge is 0.464 e. The molecule has 2 fully saturated rings. The van der Waals surface area contributed by atoms with Gasteiger partial charge in [-0.25, -0.2) is 4.79 Å². The molecule has 0 spiro atoms. The van der Waals surface area contributed by atoms with Crippen molar-refractivity contribution in [2.75, 3.05) is 33.9 Å². The summed E-state index contributed by atoms with van der Waals surface area (Å²) in [5, 5.41) is 6.70. The summed E-state index contributed by atoms with van der Waals surface area (Å²) in [6, 6.07) is 10.1. The predicted molar refractivity (Wildman–Crippen MR) is 100 cm³/mol. The second kappa shape index (κ2) is 7.37. The van der Waals surface area contributed by atoms with E-state index in [9.17, 15) is 9.59 Å². The molecule has 8 nitrogen and oxygen atoms in total. The van der Waals surface area contributed by atoms with Crippen LogP contribution in [0.2, 0.25) is 0 Å². The molecule has 2 aliphatic heterocycles. The van der Waals surface area contributed by atoms with Crippen LogP contribution in [0.1, 0.15) is 28.0 Å². The Morgan fingerprint density at radius 3 is 2.93 bits per heavy atom. The molecule has 0 unspecified atom stereocenters. The maximum Gasteiger partial charge on any atom is 0.356 e. The number of likely N-dealkylation sites (tertiary alicyclic amines) is 1. The Balaban J connectivity index is 1.59. The van der Waals surface area contributed by atoms with Crippen LogP contribution in [0.25, 0.3) is 0 Å². The molecule has 1 amide bonds. The number of nitrogens with zero attached hydrogens (tertiary/aromatic N) is 3. The van der Waals surface area contributed by atoms with Crippen LogP contribution in [0.15, 0.2) is 36.5 Å². The SMILES string of the molecule is COC(=O)c1[nH]ncc1CN1CC[C@]2(c3ccccc3)[C@@H](C1)OCC(=O)N2C. The Labute approximate surface area is 163 Å². The lowest BCUT2D eigenvalue weighted by atomic mass is 9.76. The number of fused-ring (bicyclic) bond motifs is 1. The number of ether oxygens (including phenoxy) is 2. The highest BCUT2D eigenvalue weighted by molar-refractivity contribution is 5.88. The van der Waals surface area contributed by atoms with Crippen LogP contribution >= 0.6 is 0 Å². The van der Waals surface area contributed by atoms with E-state index in [0.29, 0.717) is 18.8 Å². The van der Waals surface area contributed by atoms with Gasteiger partial charge in [-0.3, -0.25) is 14.8 Å². The number of benzene rings is 1. The van der Waals surface area contributed by atoms with Gasteiger partial charge in [0.15, 0.2) is 0 Å². The van der Waals surface area contributed by atoms with Crippen LogP contribution in [0.3, 0.4) is 0 Å². The van der Waals surface area contributed by atoms with E-state index in [0.717, 1.165) is 24.1 Å². The van der Waals surface area contributed by atoms with E-state index in [2.05, 4.69) is 27.2 Å². The summed E-state index contributed by atoms with van der Waals surface area (Å²) in [4.78, 5) is 28.4. The van der Waals surface area contributed by atoms with Crippen molar-refractivity contribution < 1.29 is 19.1 Å². The van der Waals surface area contributed by atoms with E-state index in [-0.39, 0.29) is 18.6 Å². The number of esters is 1.